The Hall–Kier alpha value is -1.01. The van der Waals surface area contributed by atoms with E-state index in [1.54, 1.807) is 13.8 Å². The van der Waals surface area contributed by atoms with E-state index in [9.17, 15) is 4.79 Å². The van der Waals surface area contributed by atoms with Gasteiger partial charge >= 0.3 is 5.97 Å². The van der Waals surface area contributed by atoms with Gasteiger partial charge in [0.1, 0.15) is 6.07 Å². The molecule has 4 heteroatoms. The first-order valence-corrected chi connectivity index (χ1v) is 3.41. The van der Waals surface area contributed by atoms with Gasteiger partial charge in [-0.2, -0.15) is 5.26 Å². The number of nitrogens with zero attached hydrogens (tertiary/aromatic N) is 1. The van der Waals surface area contributed by atoms with Crippen LogP contribution in [0, 0.1) is 17.2 Å². The zero-order chi connectivity index (χ0) is 9.02. The number of carboxylic acid groups (broad SMARTS) is 1. The average molecular weight is 174 g/mol. The van der Waals surface area contributed by atoms with Gasteiger partial charge in [-0.1, -0.05) is 25.4 Å². The van der Waals surface area contributed by atoms with Crippen LogP contribution in [0.4, 0.5) is 0 Å². The van der Waals surface area contributed by atoms with Crippen LogP contribution in [0.5, 0.6) is 0 Å². The second-order valence-corrected chi connectivity index (χ2v) is 2.70. The Kier molecular flexibility index (Phi) is 3.63. The third-order valence-electron chi connectivity index (χ3n) is 1.07. The number of hydrogen-bond acceptors (Lipinski definition) is 2. The molecule has 0 atom stereocenters. The van der Waals surface area contributed by atoms with Crippen molar-refractivity contribution in [2.24, 2.45) is 5.92 Å². The van der Waals surface area contributed by atoms with E-state index in [0.717, 1.165) is 0 Å². The summed E-state index contributed by atoms with van der Waals surface area (Å²) < 4.78 is 0. The van der Waals surface area contributed by atoms with E-state index >= 15 is 0 Å². The van der Waals surface area contributed by atoms with Crippen LogP contribution >= 0.6 is 11.6 Å². The van der Waals surface area contributed by atoms with E-state index in [1.807, 2.05) is 0 Å². The van der Waals surface area contributed by atoms with Crippen LogP contribution in [0.15, 0.2) is 10.6 Å². The number of allylic oxidation sites excluding steroid dienone is 1. The molecule has 1 N–H and O–H groups in total. The van der Waals surface area contributed by atoms with Crippen molar-refractivity contribution in [3.05, 3.63) is 10.6 Å². The molecule has 0 aromatic rings. The highest BCUT2D eigenvalue weighted by atomic mass is 35.5. The first kappa shape index (κ1) is 9.99. The molecule has 11 heavy (non-hydrogen) atoms. The van der Waals surface area contributed by atoms with Gasteiger partial charge in [0.25, 0.3) is 0 Å². The number of halogens is 1. The molecule has 0 aromatic carbocycles. The summed E-state index contributed by atoms with van der Waals surface area (Å²) >= 11 is 5.55. The molecule has 60 valence electrons. The Bertz CT molecular complexity index is 237. The standard InChI is InChI=1S/C7H8ClNO2/c1-4(2)6(8)5(3-9)7(10)11/h4H,1-2H3,(H,10,11). The van der Waals surface area contributed by atoms with Crippen molar-refractivity contribution in [1.29, 1.82) is 5.26 Å². The summed E-state index contributed by atoms with van der Waals surface area (Å²) in [6.07, 6.45) is 0. The summed E-state index contributed by atoms with van der Waals surface area (Å²) in [7, 11) is 0. The van der Waals surface area contributed by atoms with Gasteiger partial charge in [0.15, 0.2) is 5.57 Å². The van der Waals surface area contributed by atoms with Crippen LogP contribution in [0.2, 0.25) is 0 Å². The van der Waals surface area contributed by atoms with Crippen molar-refractivity contribution < 1.29 is 9.90 Å². The Morgan fingerprint density at radius 3 is 2.18 bits per heavy atom. The van der Waals surface area contributed by atoms with Gasteiger partial charge in [-0.05, 0) is 5.92 Å². The van der Waals surface area contributed by atoms with Gasteiger partial charge in [0, 0.05) is 5.03 Å². The van der Waals surface area contributed by atoms with E-state index in [4.69, 9.17) is 22.0 Å². The predicted octanol–water partition coefficient (Wildman–Crippen LogP) is 1.74. The second-order valence-electron chi connectivity index (χ2n) is 2.29. The number of aliphatic carboxylic acids is 1. The molecule has 0 aliphatic rings. The predicted molar refractivity (Wildman–Crippen MR) is 41.0 cm³/mol. The first-order chi connectivity index (χ1) is 5.00. The molecular weight excluding hydrogens is 166 g/mol. The Morgan fingerprint density at radius 1 is 1.64 bits per heavy atom. The highest BCUT2D eigenvalue weighted by Crippen LogP contribution is 2.18. The lowest BCUT2D eigenvalue weighted by atomic mass is 10.1. The van der Waals surface area contributed by atoms with Crippen LogP contribution in [0.25, 0.3) is 0 Å². The largest absolute Gasteiger partial charge is 0.477 e. The molecule has 0 unspecified atom stereocenters. The monoisotopic (exact) mass is 173 g/mol. The average Bonchev–Trinajstić information content (AvgIpc) is 1.88. The molecule has 0 fully saturated rings. The molecular formula is C7H8ClNO2. The molecule has 0 aliphatic carbocycles. The smallest absolute Gasteiger partial charge is 0.347 e. The normalized spacial score (nSPS) is 12.3. The summed E-state index contributed by atoms with van der Waals surface area (Å²) in [4.78, 5) is 10.3. The van der Waals surface area contributed by atoms with E-state index in [2.05, 4.69) is 0 Å². The van der Waals surface area contributed by atoms with Gasteiger partial charge in [-0.25, -0.2) is 4.79 Å². The summed E-state index contributed by atoms with van der Waals surface area (Å²) in [5, 5.41) is 16.9. The van der Waals surface area contributed by atoms with Crippen LogP contribution in [0.3, 0.4) is 0 Å². The van der Waals surface area contributed by atoms with Crippen molar-refractivity contribution in [3.8, 4) is 6.07 Å². The molecule has 0 heterocycles. The fraction of sp³-hybridized carbons (Fsp3) is 0.429. The first-order valence-electron chi connectivity index (χ1n) is 3.03. The summed E-state index contributed by atoms with van der Waals surface area (Å²) in [6, 6.07) is 1.53. The minimum absolute atomic E-state index is 0.0972. The third-order valence-corrected chi connectivity index (χ3v) is 1.70. The number of nitriles is 1. The van der Waals surface area contributed by atoms with E-state index in [0.29, 0.717) is 0 Å². The van der Waals surface area contributed by atoms with Crippen molar-refractivity contribution >= 4 is 17.6 Å². The SMILES string of the molecule is CC(C)C(Cl)=C(C#N)C(=O)O. The molecule has 0 radical (unpaired) electrons. The molecule has 0 amide bonds. The summed E-state index contributed by atoms with van der Waals surface area (Å²) in [5.74, 6) is -1.39. The third kappa shape index (κ3) is 2.60. The van der Waals surface area contributed by atoms with E-state index in [1.165, 1.54) is 6.07 Å². The maximum absolute atomic E-state index is 10.3. The van der Waals surface area contributed by atoms with Crippen molar-refractivity contribution in [3.63, 3.8) is 0 Å². The lowest BCUT2D eigenvalue weighted by Gasteiger charge is -2.01. The summed E-state index contributed by atoms with van der Waals surface area (Å²) in [6.45, 7) is 3.45. The molecule has 0 aliphatic heterocycles. The van der Waals surface area contributed by atoms with Crippen LogP contribution in [-0.2, 0) is 4.79 Å². The maximum atomic E-state index is 10.3. The molecule has 0 saturated heterocycles. The molecule has 0 rings (SSSR count). The van der Waals surface area contributed by atoms with Gasteiger partial charge in [-0.15, -0.1) is 0 Å². The molecule has 0 bridgehead atoms. The fourth-order valence-electron chi connectivity index (χ4n) is 0.492. The number of hydrogen-bond donors (Lipinski definition) is 1. The Labute approximate surface area is 69.9 Å². The van der Waals surface area contributed by atoms with Crippen molar-refractivity contribution in [1.82, 2.24) is 0 Å². The topological polar surface area (TPSA) is 61.1 Å². The van der Waals surface area contributed by atoms with Gasteiger partial charge in [-0.3, -0.25) is 0 Å². The van der Waals surface area contributed by atoms with Gasteiger partial charge in [0.2, 0.25) is 0 Å². The van der Waals surface area contributed by atoms with Gasteiger partial charge < -0.3 is 5.11 Å². The lowest BCUT2D eigenvalue weighted by molar-refractivity contribution is -0.132. The van der Waals surface area contributed by atoms with Crippen LogP contribution in [0.1, 0.15) is 13.8 Å². The molecule has 0 aromatic heterocycles. The number of carbonyl (C=O) groups is 1. The van der Waals surface area contributed by atoms with Crippen LogP contribution in [-0.4, -0.2) is 11.1 Å². The second kappa shape index (κ2) is 3.99. The Morgan fingerprint density at radius 2 is 2.09 bits per heavy atom. The molecule has 0 saturated carbocycles. The quantitative estimate of drug-likeness (QED) is 0.511. The maximum Gasteiger partial charge on any atom is 0.347 e. The number of carboxylic acids is 1. The minimum Gasteiger partial charge on any atom is -0.477 e. The molecule has 0 spiro atoms. The zero-order valence-electron chi connectivity index (χ0n) is 6.26. The van der Waals surface area contributed by atoms with Gasteiger partial charge in [0.05, 0.1) is 0 Å². The molecule has 3 nitrogen and oxygen atoms in total. The zero-order valence-corrected chi connectivity index (χ0v) is 7.01. The highest BCUT2D eigenvalue weighted by Gasteiger charge is 2.14. The van der Waals surface area contributed by atoms with E-state index in [-0.39, 0.29) is 16.5 Å². The van der Waals surface area contributed by atoms with E-state index < -0.39 is 5.97 Å². The summed E-state index contributed by atoms with van der Waals surface area (Å²) in [5.41, 5.74) is -0.373. The number of rotatable bonds is 2. The Balaban J connectivity index is 4.88. The van der Waals surface area contributed by atoms with Crippen LogP contribution < -0.4 is 0 Å². The highest BCUT2D eigenvalue weighted by molar-refractivity contribution is 6.32. The van der Waals surface area contributed by atoms with Crippen molar-refractivity contribution in [2.45, 2.75) is 13.8 Å². The lowest BCUT2D eigenvalue weighted by Crippen LogP contribution is -2.03. The fourth-order valence-corrected chi connectivity index (χ4v) is 0.615. The van der Waals surface area contributed by atoms with Crippen molar-refractivity contribution in [2.75, 3.05) is 0 Å². The minimum atomic E-state index is -1.27.